The van der Waals surface area contributed by atoms with Crippen LogP contribution in [0.3, 0.4) is 0 Å². The van der Waals surface area contributed by atoms with E-state index >= 15 is 0 Å². The first-order valence-corrected chi connectivity index (χ1v) is 6.34. The Labute approximate surface area is 115 Å². The molecule has 1 N–H and O–H groups in total. The van der Waals surface area contributed by atoms with Crippen LogP contribution in [-0.4, -0.2) is 41.3 Å². The second kappa shape index (κ2) is 6.14. The fraction of sp³-hybridized carbons (Fsp3) is 0.385. The van der Waals surface area contributed by atoms with E-state index < -0.39 is 4.92 Å². The number of nitrogens with one attached hydrogen (secondary N) is 1. The second-order valence-corrected chi connectivity index (χ2v) is 4.58. The van der Waals surface area contributed by atoms with E-state index in [0.29, 0.717) is 31.6 Å². The lowest BCUT2D eigenvalue weighted by Crippen LogP contribution is -2.35. The largest absolute Gasteiger partial charge is 0.354 e. The van der Waals surface area contributed by atoms with E-state index in [0.717, 1.165) is 0 Å². The highest BCUT2D eigenvalue weighted by atomic mass is 16.6. The van der Waals surface area contributed by atoms with E-state index in [-0.39, 0.29) is 23.9 Å². The molecule has 0 bridgehead atoms. The van der Waals surface area contributed by atoms with Crippen LogP contribution in [0.2, 0.25) is 0 Å². The van der Waals surface area contributed by atoms with Gasteiger partial charge in [-0.05, 0) is 5.56 Å². The highest BCUT2D eigenvalue weighted by Gasteiger charge is 2.19. The summed E-state index contributed by atoms with van der Waals surface area (Å²) in [5, 5.41) is 13.4. The van der Waals surface area contributed by atoms with Crippen LogP contribution in [0, 0.1) is 10.1 Å². The predicted molar refractivity (Wildman–Crippen MR) is 71.0 cm³/mol. The molecule has 20 heavy (non-hydrogen) atoms. The molecule has 7 nitrogen and oxygen atoms in total. The molecule has 1 saturated heterocycles. The Morgan fingerprint density at radius 1 is 1.40 bits per heavy atom. The zero-order valence-electron chi connectivity index (χ0n) is 10.9. The molecule has 1 aromatic carbocycles. The summed E-state index contributed by atoms with van der Waals surface area (Å²) < 4.78 is 0. The Bertz CT molecular complexity index is 544. The van der Waals surface area contributed by atoms with Crippen molar-refractivity contribution in [1.82, 2.24) is 10.2 Å². The van der Waals surface area contributed by atoms with Crippen molar-refractivity contribution in [3.63, 3.8) is 0 Å². The number of carbonyl (C=O) groups is 2. The number of amides is 2. The third-order valence-corrected chi connectivity index (χ3v) is 3.14. The highest BCUT2D eigenvalue weighted by molar-refractivity contribution is 5.81. The third kappa shape index (κ3) is 3.53. The van der Waals surface area contributed by atoms with Gasteiger partial charge < -0.3 is 10.2 Å². The van der Waals surface area contributed by atoms with E-state index in [1.807, 2.05) is 0 Å². The summed E-state index contributed by atoms with van der Waals surface area (Å²) in [5.74, 6) is -0.183. The number of nitrogens with zero attached hydrogens (tertiary/aromatic N) is 2. The van der Waals surface area contributed by atoms with E-state index in [1.165, 1.54) is 12.1 Å². The summed E-state index contributed by atoms with van der Waals surface area (Å²) in [4.78, 5) is 35.1. The molecule has 0 saturated carbocycles. The Morgan fingerprint density at radius 2 is 2.20 bits per heavy atom. The number of non-ortho nitro benzene ring substituents is 1. The van der Waals surface area contributed by atoms with E-state index in [4.69, 9.17) is 0 Å². The fourth-order valence-corrected chi connectivity index (χ4v) is 2.08. The van der Waals surface area contributed by atoms with Crippen molar-refractivity contribution >= 4 is 17.5 Å². The van der Waals surface area contributed by atoms with Gasteiger partial charge in [0.2, 0.25) is 11.8 Å². The summed E-state index contributed by atoms with van der Waals surface area (Å²) in [5.41, 5.74) is 0.579. The lowest BCUT2D eigenvalue weighted by molar-refractivity contribution is -0.384. The van der Waals surface area contributed by atoms with Gasteiger partial charge in [0.15, 0.2) is 0 Å². The van der Waals surface area contributed by atoms with Crippen LogP contribution >= 0.6 is 0 Å². The SMILES string of the molecule is O=C1CCN(C(=O)Cc2cccc([N+](=O)[O-])c2)CCN1. The first-order chi connectivity index (χ1) is 9.56. The van der Waals surface area contributed by atoms with Gasteiger partial charge in [0, 0.05) is 38.2 Å². The molecule has 1 fully saturated rings. The van der Waals surface area contributed by atoms with Crippen molar-refractivity contribution < 1.29 is 14.5 Å². The number of hydrogen-bond acceptors (Lipinski definition) is 4. The molecule has 0 aromatic heterocycles. The van der Waals surface area contributed by atoms with Crippen molar-refractivity contribution in [2.45, 2.75) is 12.8 Å². The third-order valence-electron chi connectivity index (χ3n) is 3.14. The van der Waals surface area contributed by atoms with Gasteiger partial charge in [-0.1, -0.05) is 12.1 Å². The monoisotopic (exact) mass is 277 g/mol. The second-order valence-electron chi connectivity index (χ2n) is 4.58. The van der Waals surface area contributed by atoms with Gasteiger partial charge in [-0.2, -0.15) is 0 Å². The maximum Gasteiger partial charge on any atom is 0.269 e. The van der Waals surface area contributed by atoms with Crippen LogP contribution in [-0.2, 0) is 16.0 Å². The molecule has 0 aliphatic carbocycles. The number of benzene rings is 1. The number of carbonyl (C=O) groups excluding carboxylic acids is 2. The molecular weight excluding hydrogens is 262 g/mol. The normalized spacial score (nSPS) is 15.4. The van der Waals surface area contributed by atoms with Crippen molar-refractivity contribution in [2.75, 3.05) is 19.6 Å². The van der Waals surface area contributed by atoms with Crippen LogP contribution < -0.4 is 5.32 Å². The summed E-state index contributed by atoms with van der Waals surface area (Å²) in [6.45, 7) is 1.30. The van der Waals surface area contributed by atoms with Gasteiger partial charge in [-0.25, -0.2) is 0 Å². The van der Waals surface area contributed by atoms with Gasteiger partial charge in [-0.15, -0.1) is 0 Å². The van der Waals surface area contributed by atoms with Gasteiger partial charge in [0.1, 0.15) is 0 Å². The minimum absolute atomic E-state index is 0.0250. The highest BCUT2D eigenvalue weighted by Crippen LogP contribution is 2.14. The molecule has 1 aliphatic rings. The van der Waals surface area contributed by atoms with E-state index in [2.05, 4.69) is 5.32 Å². The Balaban J connectivity index is 2.02. The molecule has 0 atom stereocenters. The number of hydrogen-bond donors (Lipinski definition) is 1. The van der Waals surface area contributed by atoms with Crippen molar-refractivity contribution in [2.24, 2.45) is 0 Å². The van der Waals surface area contributed by atoms with Crippen molar-refractivity contribution in [3.8, 4) is 0 Å². The topological polar surface area (TPSA) is 92.5 Å². The molecule has 1 heterocycles. The predicted octanol–water partition coefficient (Wildman–Crippen LogP) is 0.486. The zero-order valence-corrected chi connectivity index (χ0v) is 10.9. The summed E-state index contributed by atoms with van der Waals surface area (Å²) in [6, 6.07) is 6.04. The molecule has 0 spiro atoms. The molecule has 1 aliphatic heterocycles. The van der Waals surface area contributed by atoms with Crippen LogP contribution in [0.25, 0.3) is 0 Å². The zero-order chi connectivity index (χ0) is 14.5. The first kappa shape index (κ1) is 14.0. The maximum absolute atomic E-state index is 12.1. The van der Waals surface area contributed by atoms with E-state index in [9.17, 15) is 19.7 Å². The van der Waals surface area contributed by atoms with Gasteiger partial charge >= 0.3 is 0 Å². The minimum atomic E-state index is -0.484. The van der Waals surface area contributed by atoms with Gasteiger partial charge in [-0.3, -0.25) is 19.7 Å². The fourth-order valence-electron chi connectivity index (χ4n) is 2.08. The summed E-state index contributed by atoms with van der Waals surface area (Å²) in [6.07, 6.45) is 0.399. The molecule has 1 aromatic rings. The van der Waals surface area contributed by atoms with Crippen molar-refractivity contribution in [1.29, 1.82) is 0 Å². The lowest BCUT2D eigenvalue weighted by Gasteiger charge is -2.19. The lowest BCUT2D eigenvalue weighted by atomic mass is 10.1. The molecule has 7 heteroatoms. The molecule has 2 amide bonds. The average Bonchev–Trinajstić information content (AvgIpc) is 2.64. The standard InChI is InChI=1S/C13H15N3O4/c17-12-4-6-15(7-5-14-12)13(18)9-10-2-1-3-11(8-10)16(19)20/h1-3,8H,4-7,9H2,(H,14,17). The smallest absolute Gasteiger partial charge is 0.269 e. The van der Waals surface area contributed by atoms with Crippen LogP contribution in [0.1, 0.15) is 12.0 Å². The maximum atomic E-state index is 12.1. The number of nitro groups is 1. The molecule has 0 unspecified atom stereocenters. The molecular formula is C13H15N3O4. The average molecular weight is 277 g/mol. The summed E-state index contributed by atoms with van der Waals surface area (Å²) >= 11 is 0. The Hall–Kier alpha value is -2.44. The minimum Gasteiger partial charge on any atom is -0.354 e. The first-order valence-electron chi connectivity index (χ1n) is 6.34. The number of rotatable bonds is 3. The number of nitro benzene ring substituents is 1. The molecule has 2 rings (SSSR count). The van der Waals surface area contributed by atoms with E-state index in [1.54, 1.807) is 17.0 Å². The Kier molecular flexibility index (Phi) is 4.29. The van der Waals surface area contributed by atoms with Gasteiger partial charge in [0.25, 0.3) is 5.69 Å². The van der Waals surface area contributed by atoms with Gasteiger partial charge in [0.05, 0.1) is 11.3 Å². The van der Waals surface area contributed by atoms with Crippen molar-refractivity contribution in [3.05, 3.63) is 39.9 Å². The van der Waals surface area contributed by atoms with Crippen LogP contribution in [0.15, 0.2) is 24.3 Å². The van der Waals surface area contributed by atoms with Crippen LogP contribution in [0.5, 0.6) is 0 Å². The van der Waals surface area contributed by atoms with Crippen LogP contribution in [0.4, 0.5) is 5.69 Å². The molecule has 106 valence electrons. The summed E-state index contributed by atoms with van der Waals surface area (Å²) in [7, 11) is 0. The molecule has 0 radical (unpaired) electrons. The quantitative estimate of drug-likeness (QED) is 0.642. The Morgan fingerprint density at radius 3 is 2.95 bits per heavy atom.